The molecule has 0 spiro atoms. The molecule has 1 aliphatic carbocycles. The first kappa shape index (κ1) is 20.7. The minimum atomic E-state index is -0.314. The topological polar surface area (TPSA) is 129 Å². The van der Waals surface area contributed by atoms with Crippen LogP contribution >= 0.6 is 0 Å². The molecule has 0 aliphatic heterocycles. The molecule has 2 heterocycles. The van der Waals surface area contributed by atoms with Gasteiger partial charge in [-0.2, -0.15) is 10.2 Å². The van der Waals surface area contributed by atoms with E-state index in [1.54, 1.807) is 6.20 Å². The first-order valence-corrected chi connectivity index (χ1v) is 9.80. The van der Waals surface area contributed by atoms with Crippen molar-refractivity contribution in [3.63, 3.8) is 0 Å². The molecule has 2 aromatic heterocycles. The van der Waals surface area contributed by atoms with E-state index in [1.807, 2.05) is 6.92 Å². The molecule has 9 nitrogen and oxygen atoms in total. The fourth-order valence-electron chi connectivity index (χ4n) is 3.51. The zero-order valence-corrected chi connectivity index (χ0v) is 17.0. The van der Waals surface area contributed by atoms with Gasteiger partial charge in [-0.15, -0.1) is 0 Å². The second kappa shape index (κ2) is 9.01. The lowest BCUT2D eigenvalue weighted by atomic mass is 9.73. The normalized spacial score (nSPS) is 20.5. The monoisotopic (exact) mass is 397 g/mol. The van der Waals surface area contributed by atoms with Gasteiger partial charge < -0.3 is 20.5 Å². The van der Waals surface area contributed by atoms with E-state index in [4.69, 9.17) is 4.74 Å². The van der Waals surface area contributed by atoms with Gasteiger partial charge in [0.1, 0.15) is 23.8 Å². The number of nitriles is 1. The number of nitrogens with one attached hydrogen (secondary N) is 2. The lowest BCUT2D eigenvalue weighted by molar-refractivity contribution is 0.00926. The number of nitrogens with zero attached hydrogens (tertiary/aromatic N) is 5. The Kier molecular flexibility index (Phi) is 6.44. The average Bonchev–Trinajstić information content (AvgIpc) is 2.70. The van der Waals surface area contributed by atoms with Crippen LogP contribution < -0.4 is 15.4 Å². The maximum Gasteiger partial charge on any atom is 0.224 e. The summed E-state index contributed by atoms with van der Waals surface area (Å²) in [5, 5.41) is 26.1. The van der Waals surface area contributed by atoms with Crippen molar-refractivity contribution >= 4 is 11.8 Å². The van der Waals surface area contributed by atoms with Crippen molar-refractivity contribution in [2.24, 2.45) is 5.41 Å². The van der Waals surface area contributed by atoms with Gasteiger partial charge in [0.25, 0.3) is 0 Å². The Balaban J connectivity index is 1.72. The number of aromatic nitrogens is 4. The van der Waals surface area contributed by atoms with E-state index in [2.05, 4.69) is 50.5 Å². The summed E-state index contributed by atoms with van der Waals surface area (Å²) in [6.45, 7) is 6.91. The van der Waals surface area contributed by atoms with Gasteiger partial charge in [-0.3, -0.25) is 0 Å². The lowest BCUT2D eigenvalue weighted by Gasteiger charge is -2.40. The molecule has 1 saturated carbocycles. The van der Waals surface area contributed by atoms with Crippen molar-refractivity contribution in [2.75, 3.05) is 17.2 Å². The summed E-state index contributed by atoms with van der Waals surface area (Å²) >= 11 is 0. The molecular weight excluding hydrogens is 370 g/mol. The highest BCUT2D eigenvalue weighted by Crippen LogP contribution is 2.37. The summed E-state index contributed by atoms with van der Waals surface area (Å²) in [4.78, 5) is 16.9. The van der Waals surface area contributed by atoms with Gasteiger partial charge in [0.15, 0.2) is 0 Å². The molecule has 0 bridgehead atoms. The average molecular weight is 397 g/mol. The van der Waals surface area contributed by atoms with Crippen LogP contribution in [0.4, 0.5) is 11.8 Å². The van der Waals surface area contributed by atoms with Crippen LogP contribution in [0.25, 0.3) is 0 Å². The summed E-state index contributed by atoms with van der Waals surface area (Å²) in [6.07, 6.45) is 6.65. The highest BCUT2D eigenvalue weighted by atomic mass is 16.5. The van der Waals surface area contributed by atoms with Crippen LogP contribution in [0, 0.1) is 16.7 Å². The standard InChI is InChI=1S/C20H27N7O2/c1-4-29-18-14(9-22-12-25-18)11-24-19-23-10-13(8-21)17(27-19)26-15-5-6-16(28)20(2,3)7-15/h9-10,12,15-16,28H,4-7,11H2,1-3H3,(H2,23,24,26,27)/t15-,16?/m1/s1. The van der Waals surface area contributed by atoms with Crippen LogP contribution in [-0.4, -0.2) is 43.8 Å². The zero-order valence-electron chi connectivity index (χ0n) is 17.0. The van der Waals surface area contributed by atoms with Crippen molar-refractivity contribution in [3.05, 3.63) is 29.8 Å². The molecule has 0 radical (unpaired) electrons. The van der Waals surface area contributed by atoms with E-state index in [0.717, 1.165) is 24.8 Å². The molecular formula is C20H27N7O2. The van der Waals surface area contributed by atoms with E-state index in [-0.39, 0.29) is 17.6 Å². The third-order valence-electron chi connectivity index (χ3n) is 5.18. The van der Waals surface area contributed by atoms with E-state index in [9.17, 15) is 10.4 Å². The second-order valence-corrected chi connectivity index (χ2v) is 7.83. The Labute approximate surface area is 170 Å². The highest BCUT2D eigenvalue weighted by Gasteiger charge is 2.35. The fourth-order valence-corrected chi connectivity index (χ4v) is 3.51. The molecule has 2 aromatic rings. The Hall–Kier alpha value is -2.99. The van der Waals surface area contributed by atoms with E-state index < -0.39 is 0 Å². The third-order valence-corrected chi connectivity index (χ3v) is 5.18. The Morgan fingerprint density at radius 3 is 2.86 bits per heavy atom. The largest absolute Gasteiger partial charge is 0.478 e. The fraction of sp³-hybridized carbons (Fsp3) is 0.550. The van der Waals surface area contributed by atoms with Crippen molar-refractivity contribution in [2.45, 2.75) is 58.7 Å². The molecule has 1 aliphatic rings. The Bertz CT molecular complexity index is 881. The summed E-state index contributed by atoms with van der Waals surface area (Å²) < 4.78 is 5.51. The lowest BCUT2D eigenvalue weighted by Crippen LogP contribution is -2.41. The molecule has 1 fully saturated rings. The van der Waals surface area contributed by atoms with E-state index in [0.29, 0.717) is 36.4 Å². The Morgan fingerprint density at radius 2 is 2.14 bits per heavy atom. The number of rotatable bonds is 7. The SMILES string of the molecule is CCOc1ncncc1CNc1ncc(C#N)c(N[C@@H]2CCC(O)C(C)(C)C2)n1. The smallest absolute Gasteiger partial charge is 0.224 e. The summed E-state index contributed by atoms with van der Waals surface area (Å²) in [7, 11) is 0. The van der Waals surface area contributed by atoms with Gasteiger partial charge in [0.05, 0.1) is 24.5 Å². The van der Waals surface area contributed by atoms with Crippen LogP contribution in [0.2, 0.25) is 0 Å². The van der Waals surface area contributed by atoms with Crippen molar-refractivity contribution in [1.29, 1.82) is 5.26 Å². The maximum atomic E-state index is 10.2. The van der Waals surface area contributed by atoms with Gasteiger partial charge in [-0.25, -0.2) is 15.0 Å². The predicted octanol–water partition coefficient (Wildman–Crippen LogP) is 2.50. The summed E-state index contributed by atoms with van der Waals surface area (Å²) in [5.41, 5.74) is 0.997. The van der Waals surface area contributed by atoms with Crippen molar-refractivity contribution < 1.29 is 9.84 Å². The molecule has 9 heteroatoms. The quantitative estimate of drug-likeness (QED) is 0.645. The molecule has 154 valence electrons. The molecule has 0 amide bonds. The predicted molar refractivity (Wildman–Crippen MR) is 108 cm³/mol. The number of hydrogen-bond acceptors (Lipinski definition) is 9. The van der Waals surface area contributed by atoms with Gasteiger partial charge in [0.2, 0.25) is 11.8 Å². The minimum absolute atomic E-state index is 0.135. The van der Waals surface area contributed by atoms with Gasteiger partial charge >= 0.3 is 0 Å². The van der Waals surface area contributed by atoms with Crippen LogP contribution in [0.3, 0.4) is 0 Å². The number of hydrogen-bond donors (Lipinski definition) is 3. The van der Waals surface area contributed by atoms with Crippen molar-refractivity contribution in [1.82, 2.24) is 19.9 Å². The molecule has 29 heavy (non-hydrogen) atoms. The van der Waals surface area contributed by atoms with Gasteiger partial charge in [-0.05, 0) is 31.6 Å². The van der Waals surface area contributed by atoms with E-state index in [1.165, 1.54) is 12.5 Å². The zero-order chi connectivity index (χ0) is 20.9. The number of anilines is 2. The number of ether oxygens (including phenoxy) is 1. The van der Waals surface area contributed by atoms with Crippen molar-refractivity contribution in [3.8, 4) is 11.9 Å². The maximum absolute atomic E-state index is 10.2. The third kappa shape index (κ3) is 5.09. The van der Waals surface area contributed by atoms with Crippen LogP contribution in [0.5, 0.6) is 5.88 Å². The molecule has 0 saturated heterocycles. The number of aliphatic hydroxyl groups excluding tert-OH is 1. The minimum Gasteiger partial charge on any atom is -0.478 e. The van der Waals surface area contributed by atoms with E-state index >= 15 is 0 Å². The van der Waals surface area contributed by atoms with Gasteiger partial charge in [-0.1, -0.05) is 13.8 Å². The number of aliphatic hydroxyl groups is 1. The first-order valence-electron chi connectivity index (χ1n) is 9.80. The molecule has 3 N–H and O–H groups in total. The molecule has 1 unspecified atom stereocenters. The van der Waals surface area contributed by atoms with Gasteiger partial charge in [0, 0.05) is 18.8 Å². The van der Waals surface area contributed by atoms with Crippen LogP contribution in [0.1, 0.15) is 51.2 Å². The Morgan fingerprint density at radius 1 is 1.31 bits per heavy atom. The van der Waals surface area contributed by atoms with Crippen LogP contribution in [0.15, 0.2) is 18.7 Å². The summed E-state index contributed by atoms with van der Waals surface area (Å²) in [5.74, 6) is 1.41. The van der Waals surface area contributed by atoms with Crippen LogP contribution in [-0.2, 0) is 6.54 Å². The first-order chi connectivity index (χ1) is 13.9. The molecule has 2 atom stereocenters. The summed E-state index contributed by atoms with van der Waals surface area (Å²) in [6, 6.07) is 2.27. The molecule has 3 rings (SSSR count). The second-order valence-electron chi connectivity index (χ2n) is 7.83. The highest BCUT2D eigenvalue weighted by molar-refractivity contribution is 5.54. The molecule has 0 aromatic carbocycles.